The van der Waals surface area contributed by atoms with Gasteiger partial charge in [0.25, 0.3) is 20.1 Å². The van der Waals surface area contributed by atoms with Crippen LogP contribution in [0.1, 0.15) is 0 Å². The van der Waals surface area contributed by atoms with Gasteiger partial charge in [0.1, 0.15) is 10.6 Å². The summed E-state index contributed by atoms with van der Waals surface area (Å²) >= 11 is 0. The van der Waals surface area contributed by atoms with Crippen LogP contribution in [0.25, 0.3) is 0 Å². The van der Waals surface area contributed by atoms with Crippen LogP contribution in [-0.4, -0.2) is 26.5 Å². The third-order valence-electron chi connectivity index (χ3n) is 2.85. The molecule has 0 saturated heterocycles. The summed E-state index contributed by atoms with van der Waals surface area (Å²) in [7, 11) is -8.53. The van der Waals surface area contributed by atoms with Crippen molar-refractivity contribution in [3.63, 3.8) is 0 Å². The van der Waals surface area contributed by atoms with Gasteiger partial charge in [-0.1, -0.05) is 0 Å². The standard InChI is InChI=1S/C12H13N3O6S2/c13-9-6-8(2-3-11(9)16)22(17,18)15-7-1-4-12(10(14)5-7)23(19,20)21/h1-6,15-16H,13-14H2,(H,19,20,21). The molecule has 0 fully saturated rings. The van der Waals surface area contributed by atoms with Crippen LogP contribution in [0.15, 0.2) is 46.2 Å². The van der Waals surface area contributed by atoms with E-state index in [2.05, 4.69) is 4.72 Å². The molecule has 0 aliphatic carbocycles. The minimum atomic E-state index is -4.50. The van der Waals surface area contributed by atoms with E-state index < -0.39 is 25.0 Å². The Morgan fingerprint density at radius 3 is 2.09 bits per heavy atom. The molecule has 0 atom stereocenters. The predicted octanol–water partition coefficient (Wildman–Crippen LogP) is 0.604. The molecule has 124 valence electrons. The summed E-state index contributed by atoms with van der Waals surface area (Å²) in [6.07, 6.45) is 0. The molecule has 2 aromatic rings. The molecule has 2 aromatic carbocycles. The van der Waals surface area contributed by atoms with Gasteiger partial charge in [-0.2, -0.15) is 8.42 Å². The summed E-state index contributed by atoms with van der Waals surface area (Å²) in [5, 5.41) is 9.31. The molecular weight excluding hydrogens is 346 g/mol. The van der Waals surface area contributed by atoms with Crippen molar-refractivity contribution < 1.29 is 26.5 Å². The van der Waals surface area contributed by atoms with E-state index in [1.165, 1.54) is 0 Å². The number of rotatable bonds is 4. The summed E-state index contributed by atoms with van der Waals surface area (Å²) in [4.78, 5) is -0.737. The van der Waals surface area contributed by atoms with E-state index >= 15 is 0 Å². The van der Waals surface area contributed by atoms with Crippen molar-refractivity contribution in [3.05, 3.63) is 36.4 Å². The molecule has 23 heavy (non-hydrogen) atoms. The lowest BCUT2D eigenvalue weighted by molar-refractivity contribution is 0.477. The monoisotopic (exact) mass is 359 g/mol. The second kappa shape index (κ2) is 5.61. The number of anilines is 3. The van der Waals surface area contributed by atoms with Gasteiger partial charge in [0.05, 0.1) is 22.0 Å². The molecule has 0 amide bonds. The molecule has 9 nitrogen and oxygen atoms in total. The van der Waals surface area contributed by atoms with E-state index in [0.29, 0.717) is 0 Å². The molecule has 0 aliphatic rings. The van der Waals surface area contributed by atoms with E-state index in [0.717, 1.165) is 36.4 Å². The first-order valence-electron chi connectivity index (χ1n) is 5.99. The Balaban J connectivity index is 2.38. The third kappa shape index (κ3) is 3.64. The van der Waals surface area contributed by atoms with Crippen LogP contribution in [0.4, 0.5) is 17.1 Å². The highest BCUT2D eigenvalue weighted by atomic mass is 32.2. The van der Waals surface area contributed by atoms with E-state index in [1.807, 2.05) is 0 Å². The average Bonchev–Trinajstić information content (AvgIpc) is 2.39. The van der Waals surface area contributed by atoms with Gasteiger partial charge in [-0.3, -0.25) is 9.27 Å². The van der Waals surface area contributed by atoms with E-state index in [-0.39, 0.29) is 27.7 Å². The van der Waals surface area contributed by atoms with Crippen LogP contribution in [0.2, 0.25) is 0 Å². The highest BCUT2D eigenvalue weighted by Crippen LogP contribution is 2.27. The summed E-state index contributed by atoms with van der Waals surface area (Å²) in [5.41, 5.74) is 10.5. The van der Waals surface area contributed by atoms with Crippen molar-refractivity contribution in [1.29, 1.82) is 0 Å². The molecule has 0 unspecified atom stereocenters. The van der Waals surface area contributed by atoms with Crippen molar-refractivity contribution in [1.82, 2.24) is 0 Å². The zero-order chi connectivity index (χ0) is 17.4. The lowest BCUT2D eigenvalue weighted by Crippen LogP contribution is -2.14. The smallest absolute Gasteiger partial charge is 0.296 e. The zero-order valence-corrected chi connectivity index (χ0v) is 13.1. The van der Waals surface area contributed by atoms with Crippen LogP contribution in [0.3, 0.4) is 0 Å². The Kier molecular flexibility index (Phi) is 4.11. The minimum absolute atomic E-state index is 0.0125. The quantitative estimate of drug-likeness (QED) is 0.300. The van der Waals surface area contributed by atoms with Crippen molar-refractivity contribution in [2.45, 2.75) is 9.79 Å². The number of nitrogens with two attached hydrogens (primary N) is 2. The van der Waals surface area contributed by atoms with Crippen LogP contribution in [0.5, 0.6) is 5.75 Å². The Bertz CT molecular complexity index is 970. The first-order chi connectivity index (χ1) is 10.5. The van der Waals surface area contributed by atoms with E-state index in [4.69, 9.17) is 16.0 Å². The Morgan fingerprint density at radius 2 is 1.57 bits per heavy atom. The number of nitrogen functional groups attached to an aromatic ring is 2. The molecule has 7 N–H and O–H groups in total. The number of aromatic hydroxyl groups is 1. The third-order valence-corrected chi connectivity index (χ3v) is 5.16. The fraction of sp³-hybridized carbons (Fsp3) is 0. The summed E-state index contributed by atoms with van der Waals surface area (Å²) < 4.78 is 57.6. The Hall–Kier alpha value is -2.50. The van der Waals surface area contributed by atoms with Crippen LogP contribution in [-0.2, 0) is 20.1 Å². The first kappa shape index (κ1) is 16.9. The fourth-order valence-corrected chi connectivity index (χ4v) is 3.44. The van der Waals surface area contributed by atoms with Gasteiger partial charge in [0, 0.05) is 0 Å². The summed E-state index contributed by atoms with van der Waals surface area (Å²) in [5.74, 6) is -0.259. The van der Waals surface area contributed by atoms with Crippen LogP contribution < -0.4 is 16.2 Å². The number of nitrogens with one attached hydrogen (secondary N) is 1. The average molecular weight is 359 g/mol. The van der Waals surface area contributed by atoms with Gasteiger partial charge in [-0.05, 0) is 36.4 Å². The van der Waals surface area contributed by atoms with Gasteiger partial charge in [0.15, 0.2) is 0 Å². The highest BCUT2D eigenvalue weighted by Gasteiger charge is 2.18. The largest absolute Gasteiger partial charge is 0.506 e. The van der Waals surface area contributed by atoms with Gasteiger partial charge < -0.3 is 16.6 Å². The number of phenols is 1. The maximum Gasteiger partial charge on any atom is 0.296 e. The molecular formula is C12H13N3O6S2. The molecule has 2 rings (SSSR count). The van der Waals surface area contributed by atoms with Crippen molar-refractivity contribution in [3.8, 4) is 5.75 Å². The maximum absolute atomic E-state index is 12.2. The molecule has 0 saturated carbocycles. The Labute approximate surface area is 132 Å². The highest BCUT2D eigenvalue weighted by molar-refractivity contribution is 7.92. The number of phenolic OH excluding ortho intramolecular Hbond substituents is 1. The minimum Gasteiger partial charge on any atom is -0.506 e. The molecule has 11 heteroatoms. The number of sulfonamides is 1. The lowest BCUT2D eigenvalue weighted by Gasteiger charge is -2.11. The predicted molar refractivity (Wildman–Crippen MR) is 84.0 cm³/mol. The fourth-order valence-electron chi connectivity index (χ4n) is 1.76. The van der Waals surface area contributed by atoms with Crippen molar-refractivity contribution in [2.24, 2.45) is 0 Å². The molecule has 0 aromatic heterocycles. The Morgan fingerprint density at radius 1 is 0.913 bits per heavy atom. The van der Waals surface area contributed by atoms with Crippen LogP contribution in [0, 0.1) is 0 Å². The second-order valence-electron chi connectivity index (χ2n) is 4.55. The van der Waals surface area contributed by atoms with Crippen LogP contribution >= 0.6 is 0 Å². The summed E-state index contributed by atoms with van der Waals surface area (Å²) in [6.45, 7) is 0. The second-order valence-corrected chi connectivity index (χ2v) is 7.63. The first-order valence-corrected chi connectivity index (χ1v) is 8.91. The molecule has 0 spiro atoms. The van der Waals surface area contributed by atoms with Crippen molar-refractivity contribution >= 4 is 37.2 Å². The van der Waals surface area contributed by atoms with Gasteiger partial charge in [0.2, 0.25) is 0 Å². The molecule has 0 radical (unpaired) electrons. The maximum atomic E-state index is 12.2. The van der Waals surface area contributed by atoms with Gasteiger partial charge >= 0.3 is 0 Å². The number of hydrogen-bond donors (Lipinski definition) is 5. The lowest BCUT2D eigenvalue weighted by atomic mass is 10.3. The molecule has 0 bridgehead atoms. The number of hydrogen-bond acceptors (Lipinski definition) is 7. The van der Waals surface area contributed by atoms with Crippen molar-refractivity contribution in [2.75, 3.05) is 16.2 Å². The summed E-state index contributed by atoms with van der Waals surface area (Å²) in [6, 6.07) is 6.47. The zero-order valence-electron chi connectivity index (χ0n) is 11.5. The normalized spacial score (nSPS) is 12.0. The number of benzene rings is 2. The van der Waals surface area contributed by atoms with E-state index in [9.17, 15) is 21.9 Å². The molecule has 0 heterocycles. The van der Waals surface area contributed by atoms with Gasteiger partial charge in [-0.25, -0.2) is 8.42 Å². The van der Waals surface area contributed by atoms with E-state index in [1.54, 1.807) is 0 Å². The molecule has 0 aliphatic heterocycles. The SMILES string of the molecule is Nc1cc(S(=O)(=O)Nc2ccc(S(=O)(=O)O)c(N)c2)ccc1O. The van der Waals surface area contributed by atoms with Gasteiger partial charge in [-0.15, -0.1) is 0 Å². The topological polar surface area (TPSA) is 173 Å².